The van der Waals surface area contributed by atoms with E-state index in [-0.39, 0.29) is 0 Å². The van der Waals surface area contributed by atoms with Crippen LogP contribution >= 0.6 is 11.3 Å². The van der Waals surface area contributed by atoms with E-state index in [9.17, 15) is 0 Å². The van der Waals surface area contributed by atoms with Gasteiger partial charge >= 0.3 is 0 Å². The summed E-state index contributed by atoms with van der Waals surface area (Å²) in [6, 6.07) is 9.07. The van der Waals surface area contributed by atoms with Gasteiger partial charge in [0.25, 0.3) is 0 Å². The summed E-state index contributed by atoms with van der Waals surface area (Å²) in [5.74, 6) is 1.06. The van der Waals surface area contributed by atoms with E-state index in [1.807, 2.05) is 0 Å². The summed E-state index contributed by atoms with van der Waals surface area (Å²) in [5, 5.41) is 7.87. The molecule has 2 heterocycles. The Bertz CT molecular complexity index is 521. The third-order valence-corrected chi connectivity index (χ3v) is 4.14. The van der Waals surface area contributed by atoms with Crippen LogP contribution in [0.3, 0.4) is 0 Å². The van der Waals surface area contributed by atoms with Gasteiger partial charge in [-0.15, -0.1) is 0 Å². The van der Waals surface area contributed by atoms with Crippen LogP contribution in [0.5, 0.6) is 5.75 Å². The molecule has 1 unspecified atom stereocenters. The van der Waals surface area contributed by atoms with Crippen LogP contribution in [0.2, 0.25) is 0 Å². The predicted octanol–water partition coefficient (Wildman–Crippen LogP) is 3.53. The summed E-state index contributed by atoms with van der Waals surface area (Å²) < 4.78 is 5.53. The van der Waals surface area contributed by atoms with Gasteiger partial charge in [-0.25, -0.2) is 0 Å². The zero-order chi connectivity index (χ0) is 12.4. The maximum Gasteiger partial charge on any atom is 0.122 e. The first-order valence-corrected chi connectivity index (χ1v) is 7.27. The lowest BCUT2D eigenvalue weighted by Crippen LogP contribution is -2.17. The molecule has 0 amide bonds. The highest BCUT2D eigenvalue weighted by molar-refractivity contribution is 7.07. The molecule has 1 aromatic heterocycles. The fourth-order valence-corrected chi connectivity index (χ4v) is 2.93. The first kappa shape index (κ1) is 11.8. The van der Waals surface area contributed by atoms with Crippen molar-refractivity contribution in [2.24, 2.45) is 0 Å². The molecule has 0 spiro atoms. The van der Waals surface area contributed by atoms with Gasteiger partial charge in [-0.3, -0.25) is 0 Å². The minimum Gasteiger partial charge on any atom is -0.493 e. The number of ether oxygens (including phenoxy) is 1. The number of rotatable bonds is 4. The smallest absolute Gasteiger partial charge is 0.122 e. The zero-order valence-corrected chi connectivity index (χ0v) is 11.3. The summed E-state index contributed by atoms with van der Waals surface area (Å²) >= 11 is 1.75. The van der Waals surface area contributed by atoms with Gasteiger partial charge in [0.1, 0.15) is 5.75 Å². The Morgan fingerprint density at radius 2 is 2.33 bits per heavy atom. The summed E-state index contributed by atoms with van der Waals surface area (Å²) in [7, 11) is 0. The molecule has 0 radical (unpaired) electrons. The highest BCUT2D eigenvalue weighted by atomic mass is 32.1. The molecule has 3 heteroatoms. The van der Waals surface area contributed by atoms with Gasteiger partial charge in [0.2, 0.25) is 0 Å². The van der Waals surface area contributed by atoms with E-state index in [1.165, 1.54) is 16.7 Å². The third kappa shape index (κ3) is 2.42. The van der Waals surface area contributed by atoms with E-state index >= 15 is 0 Å². The van der Waals surface area contributed by atoms with Crippen LogP contribution in [-0.4, -0.2) is 6.61 Å². The molecular weight excluding hydrogens is 242 g/mol. The molecular formula is C15H17NOS. The van der Waals surface area contributed by atoms with E-state index in [1.54, 1.807) is 11.3 Å². The van der Waals surface area contributed by atoms with Crippen LogP contribution in [0.15, 0.2) is 35.0 Å². The second kappa shape index (κ2) is 5.12. The lowest BCUT2D eigenvalue weighted by Gasteiger charge is -2.14. The molecule has 0 fully saturated rings. The van der Waals surface area contributed by atoms with Gasteiger partial charge in [0, 0.05) is 19.0 Å². The van der Waals surface area contributed by atoms with Crippen molar-refractivity contribution in [3.63, 3.8) is 0 Å². The molecule has 1 atom stereocenters. The molecule has 0 bridgehead atoms. The predicted molar refractivity (Wildman–Crippen MR) is 75.2 cm³/mol. The quantitative estimate of drug-likeness (QED) is 0.907. The fraction of sp³-hybridized carbons (Fsp3) is 0.333. The van der Waals surface area contributed by atoms with Crippen molar-refractivity contribution in [3.8, 4) is 5.75 Å². The van der Waals surface area contributed by atoms with Crippen molar-refractivity contribution < 1.29 is 4.74 Å². The standard InChI is InChI=1S/C15H17NOS/c1-11(16-9-12-5-7-18-10-12)13-2-3-15-14(8-13)4-6-17-15/h2-3,5,7-8,10-11,16H,4,6,9H2,1H3. The maximum absolute atomic E-state index is 5.53. The second-order valence-corrected chi connectivity index (χ2v) is 5.48. The molecule has 3 rings (SSSR count). The average molecular weight is 259 g/mol. The van der Waals surface area contributed by atoms with Crippen molar-refractivity contribution in [1.82, 2.24) is 5.32 Å². The molecule has 0 saturated carbocycles. The molecule has 0 saturated heterocycles. The fourth-order valence-electron chi connectivity index (χ4n) is 2.26. The number of thiophene rings is 1. The van der Waals surface area contributed by atoms with Crippen molar-refractivity contribution in [2.45, 2.75) is 25.9 Å². The van der Waals surface area contributed by atoms with E-state index in [2.05, 4.69) is 47.3 Å². The molecule has 1 aromatic carbocycles. The molecule has 2 nitrogen and oxygen atoms in total. The van der Waals surface area contributed by atoms with Gasteiger partial charge < -0.3 is 10.1 Å². The van der Waals surface area contributed by atoms with Crippen LogP contribution in [-0.2, 0) is 13.0 Å². The Labute approximate surface area is 112 Å². The molecule has 18 heavy (non-hydrogen) atoms. The Balaban J connectivity index is 1.67. The van der Waals surface area contributed by atoms with E-state index in [0.29, 0.717) is 6.04 Å². The Hall–Kier alpha value is -1.32. The molecule has 1 N–H and O–H groups in total. The van der Waals surface area contributed by atoms with Crippen molar-refractivity contribution in [2.75, 3.05) is 6.61 Å². The molecule has 0 aliphatic carbocycles. The lowest BCUT2D eigenvalue weighted by atomic mass is 10.0. The van der Waals surface area contributed by atoms with Crippen molar-refractivity contribution in [3.05, 3.63) is 51.7 Å². The van der Waals surface area contributed by atoms with E-state index < -0.39 is 0 Å². The minimum absolute atomic E-state index is 0.371. The number of hydrogen-bond donors (Lipinski definition) is 1. The first-order valence-electron chi connectivity index (χ1n) is 6.33. The van der Waals surface area contributed by atoms with Crippen LogP contribution in [0.25, 0.3) is 0 Å². The topological polar surface area (TPSA) is 21.3 Å². The Kier molecular flexibility index (Phi) is 3.35. The molecule has 1 aliphatic heterocycles. The molecule has 94 valence electrons. The van der Waals surface area contributed by atoms with E-state index in [4.69, 9.17) is 4.74 Å². The third-order valence-electron chi connectivity index (χ3n) is 3.41. The van der Waals surface area contributed by atoms with Gasteiger partial charge in [0.05, 0.1) is 6.61 Å². The van der Waals surface area contributed by atoms with Gasteiger partial charge in [-0.05, 0) is 46.5 Å². The van der Waals surface area contributed by atoms with Crippen LogP contribution in [0.1, 0.15) is 29.7 Å². The van der Waals surface area contributed by atoms with Gasteiger partial charge in [-0.2, -0.15) is 11.3 Å². The number of fused-ring (bicyclic) bond motifs is 1. The monoisotopic (exact) mass is 259 g/mol. The van der Waals surface area contributed by atoms with Crippen LogP contribution in [0.4, 0.5) is 0 Å². The van der Waals surface area contributed by atoms with Crippen LogP contribution in [0, 0.1) is 0 Å². The number of nitrogens with one attached hydrogen (secondary N) is 1. The SMILES string of the molecule is CC(NCc1ccsc1)c1ccc2c(c1)CCO2. The van der Waals surface area contributed by atoms with Crippen molar-refractivity contribution >= 4 is 11.3 Å². The zero-order valence-electron chi connectivity index (χ0n) is 10.5. The Morgan fingerprint density at radius 1 is 1.39 bits per heavy atom. The minimum atomic E-state index is 0.371. The summed E-state index contributed by atoms with van der Waals surface area (Å²) in [6.07, 6.45) is 1.04. The van der Waals surface area contributed by atoms with Crippen molar-refractivity contribution in [1.29, 1.82) is 0 Å². The average Bonchev–Trinajstić information content (AvgIpc) is 3.05. The second-order valence-electron chi connectivity index (χ2n) is 4.70. The highest BCUT2D eigenvalue weighted by Gasteiger charge is 2.14. The largest absolute Gasteiger partial charge is 0.493 e. The number of hydrogen-bond acceptors (Lipinski definition) is 3. The summed E-state index contributed by atoms with van der Waals surface area (Å²) in [5.41, 5.74) is 4.04. The normalized spacial score (nSPS) is 15.2. The van der Waals surface area contributed by atoms with Gasteiger partial charge in [0.15, 0.2) is 0 Å². The molecule has 1 aliphatic rings. The summed E-state index contributed by atoms with van der Waals surface area (Å²) in [6.45, 7) is 3.97. The first-order chi connectivity index (χ1) is 8.83. The number of benzene rings is 1. The Morgan fingerprint density at radius 3 is 3.17 bits per heavy atom. The molecule has 2 aromatic rings. The maximum atomic E-state index is 5.53. The van der Waals surface area contributed by atoms with E-state index in [0.717, 1.165) is 25.3 Å². The highest BCUT2D eigenvalue weighted by Crippen LogP contribution is 2.28. The van der Waals surface area contributed by atoms with Crippen LogP contribution < -0.4 is 10.1 Å². The summed E-state index contributed by atoms with van der Waals surface area (Å²) in [4.78, 5) is 0. The lowest BCUT2D eigenvalue weighted by molar-refractivity contribution is 0.356. The van der Waals surface area contributed by atoms with Gasteiger partial charge in [-0.1, -0.05) is 12.1 Å².